The fraction of sp³-hybridized carbons (Fsp3) is 0.304. The Kier molecular flexibility index (Phi) is 5.08. The molecule has 2 aliphatic rings. The molecule has 7 nitrogen and oxygen atoms in total. The molecule has 6 heterocycles. The van der Waals surface area contributed by atoms with Crippen molar-refractivity contribution in [3.05, 3.63) is 55.1 Å². The Balaban J connectivity index is 0.00000204. The number of nitrogens with one attached hydrogen (secondary N) is 1. The number of hydrogen-bond acceptors (Lipinski definition) is 6. The lowest BCUT2D eigenvalue weighted by atomic mass is 10.1. The minimum absolute atomic E-state index is 0. The average molecular weight is 434 g/mol. The average Bonchev–Trinajstić information content (AvgIpc) is 3.37. The molecule has 6 rings (SSSR count). The zero-order chi connectivity index (χ0) is 20.1. The van der Waals surface area contributed by atoms with Gasteiger partial charge in [-0.1, -0.05) is 0 Å². The molecule has 158 valence electrons. The van der Waals surface area contributed by atoms with E-state index in [9.17, 15) is 0 Å². The molecule has 1 N–H and O–H groups in total. The number of aromatic nitrogens is 5. The molecule has 8 heteroatoms. The Morgan fingerprint density at radius 3 is 2.55 bits per heavy atom. The molecule has 0 saturated carbocycles. The fourth-order valence-electron chi connectivity index (χ4n) is 4.69. The molecule has 0 aromatic carbocycles. The Morgan fingerprint density at radius 2 is 1.84 bits per heavy atom. The van der Waals surface area contributed by atoms with E-state index in [1.165, 1.54) is 12.8 Å². The van der Waals surface area contributed by atoms with Crippen molar-refractivity contribution < 1.29 is 0 Å². The van der Waals surface area contributed by atoms with Gasteiger partial charge in [0.1, 0.15) is 5.82 Å². The summed E-state index contributed by atoms with van der Waals surface area (Å²) < 4.78 is 1.79. The first kappa shape index (κ1) is 19.9. The Morgan fingerprint density at radius 1 is 1.00 bits per heavy atom. The van der Waals surface area contributed by atoms with Crippen LogP contribution in [0.1, 0.15) is 12.8 Å². The van der Waals surface area contributed by atoms with Crippen molar-refractivity contribution in [3.63, 3.8) is 0 Å². The predicted octanol–water partition coefficient (Wildman–Crippen LogP) is 3.45. The number of rotatable bonds is 3. The SMILES string of the molecule is Cl.Cn1cc(-c2cc3ncccc3c(-c3ccc(N4CC5CCC(C4)N5)nc3)n2)cn1. The van der Waals surface area contributed by atoms with Crippen molar-refractivity contribution in [2.24, 2.45) is 7.05 Å². The zero-order valence-corrected chi connectivity index (χ0v) is 18.1. The largest absolute Gasteiger partial charge is 0.353 e. The van der Waals surface area contributed by atoms with E-state index < -0.39 is 0 Å². The highest BCUT2D eigenvalue weighted by atomic mass is 35.5. The molecule has 2 unspecified atom stereocenters. The van der Waals surface area contributed by atoms with Crippen molar-refractivity contribution >= 4 is 29.1 Å². The van der Waals surface area contributed by atoms with Crippen LogP contribution in [0.25, 0.3) is 33.4 Å². The van der Waals surface area contributed by atoms with Crippen LogP contribution >= 0.6 is 12.4 Å². The molecule has 0 spiro atoms. The highest BCUT2D eigenvalue weighted by Crippen LogP contribution is 2.31. The molecule has 0 radical (unpaired) electrons. The third-order valence-electron chi connectivity index (χ3n) is 6.16. The summed E-state index contributed by atoms with van der Waals surface area (Å²) >= 11 is 0. The topological polar surface area (TPSA) is 71.8 Å². The first-order valence-corrected chi connectivity index (χ1v) is 10.5. The second kappa shape index (κ2) is 7.90. The lowest BCUT2D eigenvalue weighted by Gasteiger charge is -2.33. The monoisotopic (exact) mass is 433 g/mol. The van der Waals surface area contributed by atoms with Gasteiger partial charge >= 0.3 is 0 Å². The lowest BCUT2D eigenvalue weighted by molar-refractivity contribution is 0.463. The quantitative estimate of drug-likeness (QED) is 0.533. The zero-order valence-electron chi connectivity index (χ0n) is 17.3. The van der Waals surface area contributed by atoms with Crippen molar-refractivity contribution in [3.8, 4) is 22.5 Å². The maximum absolute atomic E-state index is 4.97. The summed E-state index contributed by atoms with van der Waals surface area (Å²) in [6.07, 6.45) is 10.1. The van der Waals surface area contributed by atoms with Gasteiger partial charge < -0.3 is 10.2 Å². The van der Waals surface area contributed by atoms with Crippen LogP contribution in [0.5, 0.6) is 0 Å². The molecule has 4 aromatic heterocycles. The summed E-state index contributed by atoms with van der Waals surface area (Å²) in [6, 6.07) is 11.5. The van der Waals surface area contributed by atoms with Gasteiger partial charge in [0.2, 0.25) is 0 Å². The third-order valence-corrected chi connectivity index (χ3v) is 6.16. The van der Waals surface area contributed by atoms with Crippen molar-refractivity contribution in [1.82, 2.24) is 30.0 Å². The standard InChI is InChI=1S/C23H23N7.ClH/c1-29-12-16(11-26-29)20-9-21-19(3-2-8-24-21)23(28-20)15-4-7-22(25-10-15)30-13-17-5-6-18(14-30)27-17;/h2-4,7-12,17-18,27H,5-6,13-14H2,1H3;1H. The first-order chi connectivity index (χ1) is 14.7. The second-order valence-electron chi connectivity index (χ2n) is 8.28. The molecule has 2 saturated heterocycles. The molecule has 0 amide bonds. The van der Waals surface area contributed by atoms with E-state index in [2.05, 4.69) is 38.5 Å². The fourth-order valence-corrected chi connectivity index (χ4v) is 4.69. The van der Waals surface area contributed by atoms with Gasteiger partial charge in [-0.25, -0.2) is 9.97 Å². The summed E-state index contributed by atoms with van der Waals surface area (Å²) in [4.78, 5) is 16.8. The van der Waals surface area contributed by atoms with Gasteiger partial charge in [-0.2, -0.15) is 5.10 Å². The second-order valence-corrected chi connectivity index (χ2v) is 8.28. The smallest absolute Gasteiger partial charge is 0.128 e. The molecule has 0 aliphatic carbocycles. The van der Waals surface area contributed by atoms with Crippen LogP contribution in [-0.4, -0.2) is 49.9 Å². The molecule has 4 aromatic rings. The predicted molar refractivity (Wildman–Crippen MR) is 124 cm³/mol. The van der Waals surface area contributed by atoms with E-state index in [4.69, 9.17) is 9.97 Å². The minimum Gasteiger partial charge on any atom is -0.353 e. The Hall–Kier alpha value is -3.03. The summed E-state index contributed by atoms with van der Waals surface area (Å²) in [5.41, 5.74) is 4.67. The van der Waals surface area contributed by atoms with Crippen LogP contribution in [0.4, 0.5) is 5.82 Å². The normalized spacial score (nSPS) is 20.1. The maximum Gasteiger partial charge on any atom is 0.128 e. The molecule has 31 heavy (non-hydrogen) atoms. The number of fused-ring (bicyclic) bond motifs is 3. The molecule has 2 bridgehead atoms. The van der Waals surface area contributed by atoms with E-state index in [1.54, 1.807) is 4.68 Å². The number of aryl methyl sites for hydroxylation is 1. The van der Waals surface area contributed by atoms with Gasteiger partial charge in [0.05, 0.1) is 23.1 Å². The van der Waals surface area contributed by atoms with E-state index in [1.807, 2.05) is 44.0 Å². The molecule has 2 atom stereocenters. The number of piperazine rings is 1. The van der Waals surface area contributed by atoms with Crippen molar-refractivity contribution in [1.29, 1.82) is 0 Å². The summed E-state index contributed by atoms with van der Waals surface area (Å²) in [6.45, 7) is 2.06. The Bertz CT molecular complexity index is 1210. The number of anilines is 1. The number of hydrogen-bond donors (Lipinski definition) is 1. The number of halogens is 1. The summed E-state index contributed by atoms with van der Waals surface area (Å²) in [5.74, 6) is 1.04. The molecular weight excluding hydrogens is 410 g/mol. The first-order valence-electron chi connectivity index (χ1n) is 10.5. The van der Waals surface area contributed by atoms with Crippen molar-refractivity contribution in [2.75, 3.05) is 18.0 Å². The van der Waals surface area contributed by atoms with E-state index in [0.717, 1.165) is 52.3 Å². The molecular formula is C23H24ClN7. The molecule has 2 aliphatic heterocycles. The number of pyridine rings is 3. The number of nitrogens with zero attached hydrogens (tertiary/aromatic N) is 6. The van der Waals surface area contributed by atoms with Crippen LogP contribution < -0.4 is 10.2 Å². The lowest BCUT2D eigenvalue weighted by Crippen LogP contribution is -2.51. The highest BCUT2D eigenvalue weighted by Gasteiger charge is 2.32. The maximum atomic E-state index is 4.97. The van der Waals surface area contributed by atoms with Crippen LogP contribution in [0, 0.1) is 0 Å². The summed E-state index contributed by atoms with van der Waals surface area (Å²) in [7, 11) is 1.91. The van der Waals surface area contributed by atoms with E-state index in [-0.39, 0.29) is 12.4 Å². The van der Waals surface area contributed by atoms with Gasteiger partial charge in [-0.15, -0.1) is 12.4 Å². The van der Waals surface area contributed by atoms with E-state index >= 15 is 0 Å². The van der Waals surface area contributed by atoms with Crippen LogP contribution in [-0.2, 0) is 7.05 Å². The Labute approximate surface area is 186 Å². The van der Waals surface area contributed by atoms with Gasteiger partial charge in [0, 0.05) is 67.3 Å². The van der Waals surface area contributed by atoms with E-state index in [0.29, 0.717) is 12.1 Å². The van der Waals surface area contributed by atoms with Crippen LogP contribution in [0.2, 0.25) is 0 Å². The summed E-state index contributed by atoms with van der Waals surface area (Å²) in [5, 5.41) is 8.99. The van der Waals surface area contributed by atoms with Gasteiger partial charge in [-0.05, 0) is 43.2 Å². The van der Waals surface area contributed by atoms with Crippen LogP contribution in [0.15, 0.2) is 55.1 Å². The van der Waals surface area contributed by atoms with Gasteiger partial charge in [0.15, 0.2) is 0 Å². The van der Waals surface area contributed by atoms with Gasteiger partial charge in [-0.3, -0.25) is 9.67 Å². The van der Waals surface area contributed by atoms with Crippen molar-refractivity contribution in [2.45, 2.75) is 24.9 Å². The highest BCUT2D eigenvalue weighted by molar-refractivity contribution is 5.94. The van der Waals surface area contributed by atoms with Gasteiger partial charge in [0.25, 0.3) is 0 Å². The van der Waals surface area contributed by atoms with Crippen LogP contribution in [0.3, 0.4) is 0 Å². The molecule has 2 fully saturated rings. The third kappa shape index (κ3) is 3.64. The minimum atomic E-state index is 0.